The van der Waals surface area contributed by atoms with E-state index in [2.05, 4.69) is 59.3 Å². The number of unbranched alkanes of at least 4 members (excludes halogenated alkanes) is 5. The SMILES string of the molecule is CCCCCCC(C)(CCCCC)c1nc(I)c(Br)s1. The molecule has 0 aliphatic carbocycles. The van der Waals surface area contributed by atoms with E-state index < -0.39 is 0 Å². The topological polar surface area (TPSA) is 12.9 Å². The van der Waals surface area contributed by atoms with E-state index in [1.54, 1.807) is 0 Å². The molecular formula is C16H27BrINS. The Hall–Kier alpha value is 0.840. The highest BCUT2D eigenvalue weighted by molar-refractivity contribution is 14.1. The Bertz CT molecular complexity index is 374. The van der Waals surface area contributed by atoms with Gasteiger partial charge in [0.25, 0.3) is 0 Å². The second-order valence-corrected chi connectivity index (χ2v) is 9.25. The van der Waals surface area contributed by atoms with Crippen molar-refractivity contribution in [1.29, 1.82) is 0 Å². The summed E-state index contributed by atoms with van der Waals surface area (Å²) in [4.78, 5) is 4.82. The molecule has 0 N–H and O–H groups in total. The summed E-state index contributed by atoms with van der Waals surface area (Å²) in [6.07, 6.45) is 11.9. The molecule has 0 bridgehead atoms. The quantitative estimate of drug-likeness (QED) is 0.257. The lowest BCUT2D eigenvalue weighted by molar-refractivity contribution is 0.364. The Balaban J connectivity index is 2.71. The second kappa shape index (κ2) is 9.78. The summed E-state index contributed by atoms with van der Waals surface area (Å²) in [5.41, 5.74) is 0.277. The average molecular weight is 472 g/mol. The number of hydrogen-bond acceptors (Lipinski definition) is 2. The third-order valence-electron chi connectivity index (χ3n) is 3.98. The van der Waals surface area contributed by atoms with Crippen LogP contribution in [0.4, 0.5) is 0 Å². The maximum atomic E-state index is 4.82. The molecular weight excluding hydrogens is 445 g/mol. The van der Waals surface area contributed by atoms with Crippen molar-refractivity contribution >= 4 is 49.9 Å². The fraction of sp³-hybridized carbons (Fsp3) is 0.812. The van der Waals surface area contributed by atoms with Crippen LogP contribution < -0.4 is 0 Å². The van der Waals surface area contributed by atoms with Crippen LogP contribution in [0.15, 0.2) is 3.79 Å². The summed E-state index contributed by atoms with van der Waals surface area (Å²) in [5, 5.41) is 1.33. The largest absolute Gasteiger partial charge is 0.233 e. The van der Waals surface area contributed by atoms with Crippen LogP contribution in [-0.2, 0) is 5.41 Å². The molecule has 1 unspecified atom stereocenters. The van der Waals surface area contributed by atoms with Crippen molar-refractivity contribution in [2.75, 3.05) is 0 Å². The van der Waals surface area contributed by atoms with Gasteiger partial charge >= 0.3 is 0 Å². The first-order chi connectivity index (χ1) is 9.53. The van der Waals surface area contributed by atoms with Crippen molar-refractivity contribution in [3.05, 3.63) is 12.5 Å². The highest BCUT2D eigenvalue weighted by Crippen LogP contribution is 2.40. The lowest BCUT2D eigenvalue weighted by Crippen LogP contribution is -2.22. The fourth-order valence-electron chi connectivity index (χ4n) is 2.59. The van der Waals surface area contributed by atoms with Crippen molar-refractivity contribution < 1.29 is 0 Å². The zero-order valence-electron chi connectivity index (χ0n) is 13.0. The molecule has 4 heteroatoms. The molecule has 0 spiro atoms. The molecule has 1 nitrogen and oxygen atoms in total. The van der Waals surface area contributed by atoms with Crippen LogP contribution in [0.2, 0.25) is 0 Å². The monoisotopic (exact) mass is 471 g/mol. The van der Waals surface area contributed by atoms with Gasteiger partial charge in [0.1, 0.15) is 12.5 Å². The van der Waals surface area contributed by atoms with Gasteiger partial charge in [-0.1, -0.05) is 65.7 Å². The lowest BCUT2D eigenvalue weighted by Gasteiger charge is -2.27. The molecule has 0 aliphatic rings. The Morgan fingerprint density at radius 2 is 1.60 bits per heavy atom. The van der Waals surface area contributed by atoms with Gasteiger partial charge in [-0.25, -0.2) is 4.98 Å². The van der Waals surface area contributed by atoms with E-state index in [0.29, 0.717) is 0 Å². The predicted molar refractivity (Wildman–Crippen MR) is 103 cm³/mol. The molecule has 1 heterocycles. The van der Waals surface area contributed by atoms with Crippen molar-refractivity contribution in [2.45, 2.75) is 84.0 Å². The molecule has 116 valence electrons. The van der Waals surface area contributed by atoms with Gasteiger partial charge in [-0.05, 0) is 51.4 Å². The standard InChI is InChI=1S/C16H27BrINS/c1-4-6-8-10-12-16(3,11-9-7-5-2)15-19-14(18)13(17)20-15/h4-12H2,1-3H3. The van der Waals surface area contributed by atoms with E-state index in [9.17, 15) is 0 Å². The Morgan fingerprint density at radius 1 is 1.05 bits per heavy atom. The molecule has 1 aromatic rings. The van der Waals surface area contributed by atoms with Crippen LogP contribution in [0.5, 0.6) is 0 Å². The third-order valence-corrected chi connectivity index (χ3v) is 7.88. The first kappa shape index (κ1) is 18.9. The lowest BCUT2D eigenvalue weighted by atomic mass is 9.80. The molecule has 0 saturated heterocycles. The van der Waals surface area contributed by atoms with Gasteiger partial charge in [0.05, 0.1) is 0 Å². The molecule has 20 heavy (non-hydrogen) atoms. The number of aromatic nitrogens is 1. The van der Waals surface area contributed by atoms with Crippen LogP contribution in [0, 0.1) is 3.70 Å². The maximum Gasteiger partial charge on any atom is 0.126 e. The van der Waals surface area contributed by atoms with E-state index in [0.717, 1.165) is 3.70 Å². The van der Waals surface area contributed by atoms with Gasteiger partial charge in [0.2, 0.25) is 0 Å². The summed E-state index contributed by atoms with van der Waals surface area (Å²) in [6.45, 7) is 6.98. The van der Waals surface area contributed by atoms with E-state index >= 15 is 0 Å². The van der Waals surface area contributed by atoms with Gasteiger partial charge in [0, 0.05) is 5.41 Å². The fourth-order valence-corrected chi connectivity index (χ4v) is 4.76. The van der Waals surface area contributed by atoms with E-state index in [4.69, 9.17) is 4.98 Å². The second-order valence-electron chi connectivity index (χ2n) is 5.91. The first-order valence-electron chi connectivity index (χ1n) is 7.85. The van der Waals surface area contributed by atoms with Crippen molar-refractivity contribution in [1.82, 2.24) is 4.98 Å². The van der Waals surface area contributed by atoms with Gasteiger partial charge in [-0.15, -0.1) is 11.3 Å². The molecule has 0 radical (unpaired) electrons. The number of nitrogens with zero attached hydrogens (tertiary/aromatic N) is 1. The highest BCUT2D eigenvalue weighted by atomic mass is 127. The van der Waals surface area contributed by atoms with Gasteiger partial charge in [0.15, 0.2) is 0 Å². The van der Waals surface area contributed by atoms with Gasteiger partial charge in [-0.2, -0.15) is 0 Å². The highest BCUT2D eigenvalue weighted by Gasteiger charge is 2.29. The normalized spacial score (nSPS) is 14.4. The number of thiazole rings is 1. The summed E-state index contributed by atoms with van der Waals surface area (Å²) in [6, 6.07) is 0. The number of hydrogen-bond donors (Lipinski definition) is 0. The van der Waals surface area contributed by atoms with Gasteiger partial charge < -0.3 is 0 Å². The molecule has 1 rings (SSSR count). The Labute approximate surface area is 150 Å². The number of rotatable bonds is 10. The van der Waals surface area contributed by atoms with Crippen molar-refractivity contribution in [3.63, 3.8) is 0 Å². The summed E-state index contributed by atoms with van der Waals surface area (Å²) < 4.78 is 2.32. The minimum Gasteiger partial charge on any atom is -0.233 e. The first-order valence-corrected chi connectivity index (χ1v) is 10.5. The average Bonchev–Trinajstić information content (AvgIpc) is 2.76. The molecule has 0 aliphatic heterocycles. The summed E-state index contributed by atoms with van der Waals surface area (Å²) in [7, 11) is 0. The van der Waals surface area contributed by atoms with Crippen LogP contribution >= 0.6 is 49.9 Å². The molecule has 1 aromatic heterocycles. The van der Waals surface area contributed by atoms with E-state index in [1.807, 2.05) is 11.3 Å². The van der Waals surface area contributed by atoms with Gasteiger partial charge in [-0.3, -0.25) is 0 Å². The molecule has 0 fully saturated rings. The van der Waals surface area contributed by atoms with Crippen molar-refractivity contribution in [3.8, 4) is 0 Å². The van der Waals surface area contributed by atoms with Crippen molar-refractivity contribution in [2.24, 2.45) is 0 Å². The Morgan fingerprint density at radius 3 is 2.10 bits per heavy atom. The molecule has 0 amide bonds. The zero-order chi connectivity index (χ0) is 15.0. The van der Waals surface area contributed by atoms with Crippen LogP contribution in [0.25, 0.3) is 0 Å². The predicted octanol–water partition coefficient (Wildman–Crippen LogP) is 7.32. The maximum absolute atomic E-state index is 4.82. The molecule has 1 atom stereocenters. The summed E-state index contributed by atoms with van der Waals surface area (Å²) >= 11 is 7.81. The minimum absolute atomic E-state index is 0.277. The van der Waals surface area contributed by atoms with Crippen LogP contribution in [-0.4, -0.2) is 4.98 Å². The Kier molecular flexibility index (Phi) is 9.23. The molecule has 0 saturated carbocycles. The van der Waals surface area contributed by atoms with E-state index in [-0.39, 0.29) is 5.41 Å². The third kappa shape index (κ3) is 5.91. The zero-order valence-corrected chi connectivity index (χ0v) is 17.5. The number of halogens is 2. The smallest absolute Gasteiger partial charge is 0.126 e. The van der Waals surface area contributed by atoms with E-state index in [1.165, 1.54) is 66.6 Å². The minimum atomic E-state index is 0.277. The molecule has 0 aromatic carbocycles. The van der Waals surface area contributed by atoms with Crippen LogP contribution in [0.3, 0.4) is 0 Å². The van der Waals surface area contributed by atoms with Crippen LogP contribution in [0.1, 0.15) is 83.6 Å². The summed E-state index contributed by atoms with van der Waals surface area (Å²) in [5.74, 6) is 0.